The fraction of sp³-hybridized carbons (Fsp3) is 0.500. The van der Waals surface area contributed by atoms with Crippen LogP contribution in [0.1, 0.15) is 11.4 Å². The lowest BCUT2D eigenvalue weighted by molar-refractivity contribution is 0.824. The average molecular weight is 239 g/mol. The van der Waals surface area contributed by atoms with Gasteiger partial charge in [0.1, 0.15) is 0 Å². The van der Waals surface area contributed by atoms with Gasteiger partial charge in [0.05, 0.1) is 0 Å². The maximum absolute atomic E-state index is 4.34. The average Bonchev–Trinajstić information content (AvgIpc) is 2.24. The Morgan fingerprint density at radius 3 is 2.38 bits per heavy atom. The van der Waals surface area contributed by atoms with Crippen LogP contribution < -0.4 is 10.4 Å². The van der Waals surface area contributed by atoms with E-state index in [0.29, 0.717) is 5.95 Å². The van der Waals surface area contributed by atoms with E-state index >= 15 is 0 Å². The molecule has 6 heteroatoms. The summed E-state index contributed by atoms with van der Waals surface area (Å²) in [5.74, 6) is 0.646. The van der Waals surface area contributed by atoms with E-state index in [1.165, 1.54) is 0 Å². The normalized spacial score (nSPS) is 11.4. The molecule has 0 aromatic carbocycles. The van der Waals surface area contributed by atoms with Gasteiger partial charge in [-0.1, -0.05) is 11.8 Å². The number of aromatic nitrogens is 2. The van der Waals surface area contributed by atoms with Crippen molar-refractivity contribution in [3.05, 3.63) is 17.5 Å². The molecule has 1 aromatic heterocycles. The van der Waals surface area contributed by atoms with Crippen molar-refractivity contribution in [1.29, 1.82) is 0 Å². The van der Waals surface area contributed by atoms with Gasteiger partial charge in [-0.2, -0.15) is 0 Å². The lowest BCUT2D eigenvalue weighted by Crippen LogP contribution is -2.39. The minimum Gasteiger partial charge on any atom is -0.274 e. The third-order valence-corrected chi connectivity index (χ3v) is 2.59. The predicted molar refractivity (Wildman–Crippen MR) is 69.9 cm³/mol. The monoisotopic (exact) mass is 239 g/mol. The van der Waals surface area contributed by atoms with Crippen molar-refractivity contribution in [2.45, 2.75) is 13.8 Å². The van der Waals surface area contributed by atoms with Gasteiger partial charge in [-0.05, 0) is 26.2 Å². The van der Waals surface area contributed by atoms with E-state index in [1.807, 2.05) is 33.2 Å². The van der Waals surface area contributed by atoms with Gasteiger partial charge in [0, 0.05) is 25.5 Å². The zero-order valence-electron chi connectivity index (χ0n) is 10.3. The number of aryl methyl sites for hydroxylation is 2. The topological polar surface area (TPSA) is 53.4 Å². The van der Waals surface area contributed by atoms with Crippen LogP contribution in [-0.2, 0) is 0 Å². The molecule has 0 amide bonds. The lowest BCUT2D eigenvalue weighted by atomic mass is 10.4. The number of hydrogen-bond donors (Lipinski definition) is 1. The van der Waals surface area contributed by atoms with Crippen LogP contribution in [0.3, 0.4) is 0 Å². The van der Waals surface area contributed by atoms with Crippen molar-refractivity contribution < 1.29 is 0 Å². The Labute approximate surface area is 100 Å². The van der Waals surface area contributed by atoms with Gasteiger partial charge in [0.25, 0.3) is 0 Å². The largest absolute Gasteiger partial charge is 0.274 e. The van der Waals surface area contributed by atoms with Gasteiger partial charge in [-0.15, -0.1) is 0 Å². The standard InChI is InChI=1S/C10H17N5S/c1-7-6-8(2)13-9(12-7)15(4)14-10(11-3)16-5/h6H,1-5H3,(H,11,14). The second-order valence-corrected chi connectivity index (χ2v) is 4.15. The van der Waals surface area contributed by atoms with Gasteiger partial charge in [-0.3, -0.25) is 15.4 Å². The molecule has 0 saturated heterocycles. The molecule has 1 heterocycles. The van der Waals surface area contributed by atoms with E-state index in [2.05, 4.69) is 20.4 Å². The zero-order chi connectivity index (χ0) is 12.1. The SMILES string of the molecule is CN=C(NN(C)c1nc(C)cc(C)n1)SC. The van der Waals surface area contributed by atoms with Gasteiger partial charge < -0.3 is 0 Å². The van der Waals surface area contributed by atoms with Gasteiger partial charge in [0.15, 0.2) is 5.17 Å². The molecule has 1 rings (SSSR count). The molecule has 0 spiro atoms. The van der Waals surface area contributed by atoms with E-state index in [4.69, 9.17) is 0 Å². The van der Waals surface area contributed by atoms with Crippen LogP contribution in [0.25, 0.3) is 0 Å². The van der Waals surface area contributed by atoms with Crippen molar-refractivity contribution in [2.75, 3.05) is 25.4 Å². The Bertz CT molecular complexity index is 371. The van der Waals surface area contributed by atoms with Crippen molar-refractivity contribution in [3.8, 4) is 0 Å². The third kappa shape index (κ3) is 3.37. The van der Waals surface area contributed by atoms with Gasteiger partial charge >= 0.3 is 0 Å². The Hall–Kier alpha value is -1.30. The summed E-state index contributed by atoms with van der Waals surface area (Å²) in [6.07, 6.45) is 1.96. The first kappa shape index (κ1) is 12.8. The smallest absolute Gasteiger partial charge is 0.244 e. The molecule has 0 aliphatic carbocycles. The first-order chi connectivity index (χ1) is 7.56. The van der Waals surface area contributed by atoms with Crippen molar-refractivity contribution in [2.24, 2.45) is 4.99 Å². The molecule has 88 valence electrons. The van der Waals surface area contributed by atoms with Crippen LogP contribution in [0, 0.1) is 13.8 Å². The van der Waals surface area contributed by atoms with E-state index in [9.17, 15) is 0 Å². The molecule has 1 aromatic rings. The summed E-state index contributed by atoms with van der Waals surface area (Å²) in [7, 11) is 3.62. The Kier molecular flexibility index (Phi) is 4.54. The lowest BCUT2D eigenvalue weighted by Gasteiger charge is -2.19. The maximum Gasteiger partial charge on any atom is 0.244 e. The molecule has 16 heavy (non-hydrogen) atoms. The predicted octanol–water partition coefficient (Wildman–Crippen LogP) is 1.38. The number of hydrogen-bond acceptors (Lipinski definition) is 5. The molecule has 0 bridgehead atoms. The molecule has 1 N–H and O–H groups in total. The summed E-state index contributed by atoms with van der Waals surface area (Å²) < 4.78 is 0. The van der Waals surface area contributed by atoms with Crippen LogP contribution in [-0.4, -0.2) is 35.5 Å². The van der Waals surface area contributed by atoms with Crippen LogP contribution in [0.4, 0.5) is 5.95 Å². The van der Waals surface area contributed by atoms with Crippen molar-refractivity contribution in [3.63, 3.8) is 0 Å². The Balaban J connectivity index is 2.84. The summed E-state index contributed by atoms with van der Waals surface area (Å²) in [5, 5.41) is 2.59. The number of rotatable bonds is 2. The summed E-state index contributed by atoms with van der Waals surface area (Å²) in [5.41, 5.74) is 5.02. The first-order valence-electron chi connectivity index (χ1n) is 4.90. The number of nitrogens with one attached hydrogen (secondary N) is 1. The molecule has 0 fully saturated rings. The van der Waals surface area contributed by atoms with Crippen LogP contribution in [0.5, 0.6) is 0 Å². The molecular weight excluding hydrogens is 222 g/mol. The van der Waals surface area contributed by atoms with E-state index in [1.54, 1.807) is 23.8 Å². The van der Waals surface area contributed by atoms with Gasteiger partial charge in [-0.25, -0.2) is 9.97 Å². The molecule has 0 radical (unpaired) electrons. The number of thioether (sulfide) groups is 1. The second-order valence-electron chi connectivity index (χ2n) is 3.35. The van der Waals surface area contributed by atoms with E-state index in [0.717, 1.165) is 16.6 Å². The number of nitrogens with zero attached hydrogens (tertiary/aromatic N) is 4. The molecule has 0 atom stereocenters. The second kappa shape index (κ2) is 5.69. The highest BCUT2D eigenvalue weighted by atomic mass is 32.2. The van der Waals surface area contributed by atoms with Crippen molar-refractivity contribution >= 4 is 22.9 Å². The zero-order valence-corrected chi connectivity index (χ0v) is 11.1. The Morgan fingerprint density at radius 1 is 1.38 bits per heavy atom. The highest BCUT2D eigenvalue weighted by molar-refractivity contribution is 8.13. The summed E-state index contributed by atoms with van der Waals surface area (Å²) >= 11 is 1.54. The molecule has 0 unspecified atom stereocenters. The number of aliphatic imine (C=N–C) groups is 1. The minimum atomic E-state index is 0.646. The van der Waals surface area contributed by atoms with Crippen LogP contribution in [0.15, 0.2) is 11.1 Å². The first-order valence-corrected chi connectivity index (χ1v) is 6.12. The summed E-state index contributed by atoms with van der Waals surface area (Å²) in [6.45, 7) is 3.91. The van der Waals surface area contributed by atoms with Crippen LogP contribution in [0.2, 0.25) is 0 Å². The molecular formula is C10H17N5S. The molecule has 0 aliphatic rings. The maximum atomic E-state index is 4.34. The van der Waals surface area contributed by atoms with Crippen LogP contribution >= 0.6 is 11.8 Å². The fourth-order valence-corrected chi connectivity index (χ4v) is 1.65. The summed E-state index contributed by atoms with van der Waals surface area (Å²) in [6, 6.07) is 1.95. The molecule has 0 aliphatic heterocycles. The molecule has 5 nitrogen and oxygen atoms in total. The molecule has 0 saturated carbocycles. The minimum absolute atomic E-state index is 0.646. The number of amidine groups is 1. The highest BCUT2D eigenvalue weighted by Crippen LogP contribution is 2.07. The van der Waals surface area contributed by atoms with Gasteiger partial charge in [0.2, 0.25) is 5.95 Å². The third-order valence-electron chi connectivity index (χ3n) is 1.93. The quantitative estimate of drug-likeness (QED) is 0.480. The Morgan fingerprint density at radius 2 is 1.94 bits per heavy atom. The number of anilines is 1. The van der Waals surface area contributed by atoms with Crippen molar-refractivity contribution in [1.82, 2.24) is 15.4 Å². The number of hydrazine groups is 1. The van der Waals surface area contributed by atoms with E-state index < -0.39 is 0 Å². The summed E-state index contributed by atoms with van der Waals surface area (Å²) in [4.78, 5) is 12.8. The fourth-order valence-electron chi connectivity index (χ4n) is 1.24. The van der Waals surface area contributed by atoms with E-state index in [-0.39, 0.29) is 0 Å². The highest BCUT2D eigenvalue weighted by Gasteiger charge is 2.07.